The molecule has 0 bridgehead atoms. The van der Waals surface area contributed by atoms with Crippen molar-refractivity contribution in [2.75, 3.05) is 31.1 Å². The summed E-state index contributed by atoms with van der Waals surface area (Å²) in [6.45, 7) is 1.73. The van der Waals surface area contributed by atoms with Gasteiger partial charge >= 0.3 is 0 Å². The molecule has 5 rings (SSSR count). The fraction of sp³-hybridized carbons (Fsp3) is 0.160. The van der Waals surface area contributed by atoms with Crippen molar-refractivity contribution in [3.8, 4) is 22.8 Å². The third-order valence-electron chi connectivity index (χ3n) is 5.67. The van der Waals surface area contributed by atoms with Crippen LogP contribution in [0.2, 0.25) is 5.02 Å². The number of aromatic nitrogens is 1. The first-order chi connectivity index (χ1) is 16.0. The molecule has 4 aromatic rings. The van der Waals surface area contributed by atoms with Crippen LogP contribution in [0.5, 0.6) is 0 Å². The quantitative estimate of drug-likeness (QED) is 0.395. The normalized spacial score (nSPS) is 15.0. The molecule has 0 radical (unpaired) electrons. The highest BCUT2D eigenvalue weighted by molar-refractivity contribution is 7.89. The number of nitrogens with zero attached hydrogens (tertiary/aromatic N) is 3. The second-order valence-electron chi connectivity index (χ2n) is 7.73. The molecule has 8 heteroatoms. The number of rotatable bonds is 5. The summed E-state index contributed by atoms with van der Waals surface area (Å²) in [5.74, 6) is 0.533. The van der Waals surface area contributed by atoms with Gasteiger partial charge in [-0.25, -0.2) is 8.42 Å². The molecule has 6 nitrogen and oxygen atoms in total. The average Bonchev–Trinajstić information content (AvgIpc) is 3.32. The van der Waals surface area contributed by atoms with Crippen LogP contribution in [0.1, 0.15) is 0 Å². The van der Waals surface area contributed by atoms with E-state index in [1.807, 2.05) is 84.9 Å². The molecule has 2 heterocycles. The van der Waals surface area contributed by atoms with E-state index in [0.29, 0.717) is 36.8 Å². The van der Waals surface area contributed by atoms with E-state index in [1.165, 1.54) is 4.31 Å². The van der Waals surface area contributed by atoms with Gasteiger partial charge in [0.25, 0.3) is 10.0 Å². The summed E-state index contributed by atoms with van der Waals surface area (Å²) >= 11 is 6.33. The number of hydrogen-bond acceptors (Lipinski definition) is 5. The summed E-state index contributed by atoms with van der Waals surface area (Å²) in [6.07, 6.45) is 0. The van der Waals surface area contributed by atoms with E-state index in [9.17, 15) is 8.42 Å². The molecular weight excluding hydrogens is 458 g/mol. The minimum atomic E-state index is -3.87. The highest BCUT2D eigenvalue weighted by Gasteiger charge is 2.35. The minimum absolute atomic E-state index is 0.0567. The standard InChI is InChI=1S/C25H22ClN3O3S/c26-21-13-7-8-14-22(21)28-15-17-29(18-16-28)33(30,31)25-23(19-9-3-1-4-10-19)32-24(27-25)20-11-5-2-6-12-20/h1-14H,15-18H2. The van der Waals surface area contributed by atoms with E-state index in [1.54, 1.807) is 0 Å². The number of sulfonamides is 1. The zero-order chi connectivity index (χ0) is 22.8. The van der Waals surface area contributed by atoms with Crippen molar-refractivity contribution in [2.24, 2.45) is 0 Å². The second kappa shape index (κ2) is 9.02. The van der Waals surface area contributed by atoms with Gasteiger partial charge < -0.3 is 9.32 Å². The van der Waals surface area contributed by atoms with Crippen molar-refractivity contribution >= 4 is 27.3 Å². The van der Waals surface area contributed by atoms with E-state index in [0.717, 1.165) is 11.3 Å². The van der Waals surface area contributed by atoms with Gasteiger partial charge in [-0.1, -0.05) is 72.3 Å². The van der Waals surface area contributed by atoms with E-state index in [4.69, 9.17) is 16.0 Å². The third-order valence-corrected chi connectivity index (χ3v) is 7.80. The Labute approximate surface area is 198 Å². The SMILES string of the molecule is O=S(=O)(c1nc(-c2ccccc2)oc1-c1ccccc1)N1CCN(c2ccccc2Cl)CC1. The maximum atomic E-state index is 13.7. The van der Waals surface area contributed by atoms with Gasteiger partial charge in [-0.3, -0.25) is 0 Å². The fourth-order valence-corrected chi connectivity index (χ4v) is 5.69. The van der Waals surface area contributed by atoms with Crippen LogP contribution in [0.15, 0.2) is 94.4 Å². The van der Waals surface area contributed by atoms with Crippen LogP contribution in [0.4, 0.5) is 5.69 Å². The molecule has 3 aromatic carbocycles. The first kappa shape index (κ1) is 21.7. The fourth-order valence-electron chi connectivity index (χ4n) is 3.96. The smallest absolute Gasteiger partial charge is 0.264 e. The molecule has 0 saturated carbocycles. The van der Waals surface area contributed by atoms with Crippen molar-refractivity contribution in [2.45, 2.75) is 5.03 Å². The van der Waals surface area contributed by atoms with Crippen LogP contribution in [0.3, 0.4) is 0 Å². The third kappa shape index (κ3) is 4.27. The van der Waals surface area contributed by atoms with Crippen molar-refractivity contribution in [3.63, 3.8) is 0 Å². The van der Waals surface area contributed by atoms with Crippen LogP contribution in [0.25, 0.3) is 22.8 Å². The van der Waals surface area contributed by atoms with Crippen LogP contribution in [-0.4, -0.2) is 43.9 Å². The monoisotopic (exact) mass is 479 g/mol. The predicted molar refractivity (Wildman–Crippen MR) is 130 cm³/mol. The van der Waals surface area contributed by atoms with Crippen LogP contribution in [-0.2, 0) is 10.0 Å². The average molecular weight is 480 g/mol. The molecule has 1 aliphatic heterocycles. The lowest BCUT2D eigenvalue weighted by atomic mass is 10.2. The van der Waals surface area contributed by atoms with Crippen molar-refractivity contribution < 1.29 is 12.8 Å². The Morgan fingerprint density at radius 1 is 0.758 bits per heavy atom. The maximum Gasteiger partial charge on any atom is 0.264 e. The lowest BCUT2D eigenvalue weighted by molar-refractivity contribution is 0.383. The largest absolute Gasteiger partial charge is 0.435 e. The predicted octanol–water partition coefficient (Wildman–Crippen LogP) is 5.17. The molecule has 168 valence electrons. The van der Waals surface area contributed by atoms with Gasteiger partial charge in [0.1, 0.15) is 0 Å². The maximum absolute atomic E-state index is 13.7. The van der Waals surface area contributed by atoms with Crippen LogP contribution >= 0.6 is 11.6 Å². The zero-order valence-corrected chi connectivity index (χ0v) is 19.3. The topological polar surface area (TPSA) is 66.7 Å². The van der Waals surface area contributed by atoms with E-state index in [-0.39, 0.29) is 16.7 Å². The summed E-state index contributed by atoms with van der Waals surface area (Å²) in [5.41, 5.74) is 2.30. The molecule has 1 aromatic heterocycles. The van der Waals surface area contributed by atoms with Gasteiger partial charge in [0.05, 0.1) is 10.7 Å². The molecule has 0 spiro atoms. The van der Waals surface area contributed by atoms with Crippen molar-refractivity contribution in [1.82, 2.24) is 9.29 Å². The molecule has 0 aliphatic carbocycles. The van der Waals surface area contributed by atoms with Gasteiger partial charge in [-0.05, 0) is 24.3 Å². The number of benzene rings is 3. The first-order valence-electron chi connectivity index (χ1n) is 10.7. The van der Waals surface area contributed by atoms with E-state index in [2.05, 4.69) is 9.88 Å². The van der Waals surface area contributed by atoms with Gasteiger partial charge in [0.2, 0.25) is 10.9 Å². The lowest BCUT2D eigenvalue weighted by Gasteiger charge is -2.35. The molecule has 0 atom stereocenters. The molecule has 0 N–H and O–H groups in total. The molecule has 0 unspecified atom stereocenters. The van der Waals surface area contributed by atoms with Gasteiger partial charge in [-0.15, -0.1) is 0 Å². The Kier molecular flexibility index (Phi) is 5.93. The van der Waals surface area contributed by atoms with E-state index >= 15 is 0 Å². The molecule has 1 fully saturated rings. The summed E-state index contributed by atoms with van der Waals surface area (Å²) in [4.78, 5) is 6.57. The minimum Gasteiger partial charge on any atom is -0.435 e. The number of oxazole rings is 1. The molecule has 1 saturated heterocycles. The number of piperazine rings is 1. The highest BCUT2D eigenvalue weighted by atomic mass is 35.5. The Morgan fingerprint density at radius 2 is 1.33 bits per heavy atom. The van der Waals surface area contributed by atoms with Gasteiger partial charge in [0.15, 0.2) is 5.76 Å². The Hall–Kier alpha value is -3.13. The van der Waals surface area contributed by atoms with Gasteiger partial charge in [0, 0.05) is 37.3 Å². The van der Waals surface area contributed by atoms with Gasteiger partial charge in [-0.2, -0.15) is 9.29 Å². The number of hydrogen-bond donors (Lipinski definition) is 0. The summed E-state index contributed by atoms with van der Waals surface area (Å²) in [5, 5.41) is 0.600. The number of para-hydroxylation sites is 1. The molecule has 1 aliphatic rings. The van der Waals surface area contributed by atoms with Crippen molar-refractivity contribution in [3.05, 3.63) is 90.0 Å². The Balaban J connectivity index is 1.48. The first-order valence-corrected chi connectivity index (χ1v) is 12.5. The number of halogens is 1. The molecular formula is C25H22ClN3O3S. The van der Waals surface area contributed by atoms with Crippen molar-refractivity contribution in [1.29, 1.82) is 0 Å². The molecule has 33 heavy (non-hydrogen) atoms. The Morgan fingerprint density at radius 3 is 1.97 bits per heavy atom. The summed E-state index contributed by atoms with van der Waals surface area (Å²) < 4.78 is 34.9. The highest BCUT2D eigenvalue weighted by Crippen LogP contribution is 2.34. The second-order valence-corrected chi connectivity index (χ2v) is 9.99. The Bertz CT molecular complexity index is 1350. The van der Waals surface area contributed by atoms with Crippen LogP contribution < -0.4 is 4.90 Å². The van der Waals surface area contributed by atoms with Crippen LogP contribution in [0, 0.1) is 0 Å². The summed E-state index contributed by atoms with van der Waals surface area (Å²) in [6, 6.07) is 26.1. The summed E-state index contributed by atoms with van der Waals surface area (Å²) in [7, 11) is -3.87. The molecule has 0 amide bonds. The lowest BCUT2D eigenvalue weighted by Crippen LogP contribution is -2.48. The number of anilines is 1. The van der Waals surface area contributed by atoms with E-state index < -0.39 is 10.0 Å². The zero-order valence-electron chi connectivity index (χ0n) is 17.8.